The van der Waals surface area contributed by atoms with Crippen LogP contribution in [0.2, 0.25) is 0 Å². The summed E-state index contributed by atoms with van der Waals surface area (Å²) in [5.74, 6) is 0.269. The summed E-state index contributed by atoms with van der Waals surface area (Å²) in [6.45, 7) is 0. The van der Waals surface area contributed by atoms with Crippen LogP contribution in [0.3, 0.4) is 0 Å². The molecule has 2 aromatic rings. The third kappa shape index (κ3) is 1.73. The van der Waals surface area contributed by atoms with Crippen molar-refractivity contribution in [3.8, 4) is 5.88 Å². The standard InChI is InChI=1S/C8H9N2O3P/c11-14(12,8-4-2-6-10-8)13-7-3-1-5-9-7/h1-6,9-10H,(H,11,12). The van der Waals surface area contributed by atoms with Gasteiger partial charge in [0.2, 0.25) is 0 Å². The molecule has 2 aromatic heterocycles. The molecule has 0 saturated heterocycles. The Labute approximate surface area is 80.3 Å². The Morgan fingerprint density at radius 1 is 1.21 bits per heavy atom. The van der Waals surface area contributed by atoms with Crippen molar-refractivity contribution in [2.45, 2.75) is 0 Å². The van der Waals surface area contributed by atoms with E-state index in [1.165, 1.54) is 6.07 Å². The smallest absolute Gasteiger partial charge is 0.404 e. The summed E-state index contributed by atoms with van der Waals surface area (Å²) in [7, 11) is -3.77. The third-order valence-electron chi connectivity index (χ3n) is 1.68. The van der Waals surface area contributed by atoms with Crippen molar-refractivity contribution in [2.75, 3.05) is 0 Å². The maximum Gasteiger partial charge on any atom is 0.425 e. The molecule has 0 radical (unpaired) electrons. The predicted molar refractivity (Wildman–Crippen MR) is 51.7 cm³/mol. The fraction of sp³-hybridized carbons (Fsp3) is 0. The Morgan fingerprint density at radius 2 is 1.93 bits per heavy atom. The summed E-state index contributed by atoms with van der Waals surface area (Å²) < 4.78 is 16.5. The Bertz CT molecular complexity index is 435. The molecule has 0 fully saturated rings. The Morgan fingerprint density at radius 3 is 2.50 bits per heavy atom. The first-order chi connectivity index (χ1) is 6.68. The minimum Gasteiger partial charge on any atom is -0.404 e. The Kier molecular flexibility index (Phi) is 2.19. The van der Waals surface area contributed by atoms with Crippen molar-refractivity contribution in [3.63, 3.8) is 0 Å². The van der Waals surface area contributed by atoms with Gasteiger partial charge in [0.15, 0.2) is 5.88 Å². The van der Waals surface area contributed by atoms with Gasteiger partial charge in [-0.2, -0.15) is 0 Å². The first kappa shape index (κ1) is 9.12. The summed E-state index contributed by atoms with van der Waals surface area (Å²) >= 11 is 0. The van der Waals surface area contributed by atoms with Crippen LogP contribution < -0.4 is 9.96 Å². The van der Waals surface area contributed by atoms with Crippen molar-refractivity contribution in [3.05, 3.63) is 36.7 Å². The lowest BCUT2D eigenvalue weighted by atomic mass is 10.7. The van der Waals surface area contributed by atoms with Gasteiger partial charge in [-0.1, -0.05) is 0 Å². The van der Waals surface area contributed by atoms with Gasteiger partial charge in [-0.25, -0.2) is 4.57 Å². The van der Waals surface area contributed by atoms with E-state index >= 15 is 0 Å². The molecule has 1 unspecified atom stereocenters. The van der Waals surface area contributed by atoms with Crippen molar-refractivity contribution in [1.82, 2.24) is 9.97 Å². The van der Waals surface area contributed by atoms with E-state index in [2.05, 4.69) is 9.97 Å². The van der Waals surface area contributed by atoms with Gasteiger partial charge in [0.25, 0.3) is 0 Å². The summed E-state index contributed by atoms with van der Waals surface area (Å²) in [5, 5.41) is 0. The number of nitrogens with one attached hydrogen (secondary N) is 2. The highest BCUT2D eigenvalue weighted by Crippen LogP contribution is 2.39. The maximum atomic E-state index is 11.6. The van der Waals surface area contributed by atoms with Crippen molar-refractivity contribution in [2.24, 2.45) is 0 Å². The van der Waals surface area contributed by atoms with Crippen molar-refractivity contribution in [1.29, 1.82) is 0 Å². The Balaban J connectivity index is 2.22. The van der Waals surface area contributed by atoms with Gasteiger partial charge >= 0.3 is 7.60 Å². The van der Waals surface area contributed by atoms with Crippen LogP contribution in [0.1, 0.15) is 0 Å². The minimum atomic E-state index is -3.77. The first-order valence-corrected chi connectivity index (χ1v) is 5.56. The largest absolute Gasteiger partial charge is 0.425 e. The summed E-state index contributed by atoms with van der Waals surface area (Å²) in [5.41, 5.74) is 0.173. The number of hydrogen-bond donors (Lipinski definition) is 3. The molecule has 0 amide bonds. The second-order valence-corrected chi connectivity index (χ2v) is 4.41. The van der Waals surface area contributed by atoms with Crippen LogP contribution in [0.4, 0.5) is 0 Å². The van der Waals surface area contributed by atoms with Crippen LogP contribution in [0.15, 0.2) is 36.7 Å². The highest BCUT2D eigenvalue weighted by molar-refractivity contribution is 7.61. The summed E-state index contributed by atoms with van der Waals surface area (Å²) in [4.78, 5) is 14.9. The van der Waals surface area contributed by atoms with E-state index in [1.54, 1.807) is 30.6 Å². The number of rotatable bonds is 3. The third-order valence-corrected chi connectivity index (χ3v) is 3.01. The number of H-pyrrole nitrogens is 2. The van der Waals surface area contributed by atoms with E-state index in [0.29, 0.717) is 0 Å². The van der Waals surface area contributed by atoms with Crippen LogP contribution in [0.25, 0.3) is 0 Å². The van der Waals surface area contributed by atoms with E-state index in [-0.39, 0.29) is 11.3 Å². The molecule has 0 saturated carbocycles. The van der Waals surface area contributed by atoms with Gasteiger partial charge in [0, 0.05) is 18.5 Å². The molecule has 3 N–H and O–H groups in total. The predicted octanol–water partition coefficient (Wildman–Crippen LogP) is 1.23. The lowest BCUT2D eigenvalue weighted by Crippen LogP contribution is -2.09. The topological polar surface area (TPSA) is 78.1 Å². The zero-order chi connectivity index (χ0) is 10.0. The van der Waals surface area contributed by atoms with Crippen LogP contribution in [0, 0.1) is 0 Å². The molecule has 6 heteroatoms. The molecule has 0 spiro atoms. The second kappa shape index (κ2) is 3.36. The Hall–Kier alpha value is -1.45. The maximum absolute atomic E-state index is 11.6. The fourth-order valence-electron chi connectivity index (χ4n) is 1.05. The van der Waals surface area contributed by atoms with Crippen molar-refractivity contribution >= 4 is 13.0 Å². The van der Waals surface area contributed by atoms with Crippen LogP contribution >= 0.6 is 7.60 Å². The average molecular weight is 212 g/mol. The molecule has 1 atom stereocenters. The fourth-order valence-corrected chi connectivity index (χ4v) is 2.04. The SMILES string of the molecule is O=P(O)(Oc1ccc[nH]1)c1ccc[nH]1. The summed E-state index contributed by atoms with van der Waals surface area (Å²) in [6, 6.07) is 6.40. The van der Waals surface area contributed by atoms with Crippen LogP contribution in [0.5, 0.6) is 5.88 Å². The van der Waals surface area contributed by atoms with Crippen LogP contribution in [-0.4, -0.2) is 14.9 Å². The van der Waals surface area contributed by atoms with E-state index in [0.717, 1.165) is 0 Å². The van der Waals surface area contributed by atoms with Crippen molar-refractivity contribution < 1.29 is 14.0 Å². The van der Waals surface area contributed by atoms with Gasteiger partial charge in [0.05, 0.1) is 0 Å². The summed E-state index contributed by atoms with van der Waals surface area (Å²) in [6.07, 6.45) is 3.18. The van der Waals surface area contributed by atoms with E-state index in [9.17, 15) is 9.46 Å². The van der Waals surface area contributed by atoms with Gasteiger partial charge in [-0.3, -0.25) is 0 Å². The van der Waals surface area contributed by atoms with Gasteiger partial charge < -0.3 is 19.4 Å². The monoisotopic (exact) mass is 212 g/mol. The van der Waals surface area contributed by atoms with Crippen LogP contribution in [-0.2, 0) is 4.57 Å². The molecular weight excluding hydrogens is 203 g/mol. The highest BCUT2D eigenvalue weighted by Gasteiger charge is 2.25. The van der Waals surface area contributed by atoms with Gasteiger partial charge in [-0.05, 0) is 18.2 Å². The molecule has 0 aromatic carbocycles. The molecule has 0 aliphatic rings. The first-order valence-electron chi connectivity index (χ1n) is 3.98. The minimum absolute atomic E-state index is 0.173. The molecule has 2 rings (SSSR count). The lowest BCUT2D eigenvalue weighted by Gasteiger charge is -2.09. The van der Waals surface area contributed by atoms with E-state index in [1.807, 2.05) is 0 Å². The lowest BCUT2D eigenvalue weighted by molar-refractivity contribution is 0.387. The molecule has 5 nitrogen and oxygen atoms in total. The molecule has 0 aliphatic heterocycles. The number of hydrogen-bond acceptors (Lipinski definition) is 2. The normalized spacial score (nSPS) is 14.9. The van der Waals surface area contributed by atoms with E-state index < -0.39 is 7.60 Å². The number of aromatic nitrogens is 2. The van der Waals surface area contributed by atoms with Gasteiger partial charge in [-0.15, -0.1) is 0 Å². The molecular formula is C8H9N2O3P. The molecule has 0 aliphatic carbocycles. The van der Waals surface area contributed by atoms with E-state index in [4.69, 9.17) is 4.52 Å². The average Bonchev–Trinajstić information content (AvgIpc) is 2.71. The number of aromatic amines is 2. The van der Waals surface area contributed by atoms with Gasteiger partial charge in [0.1, 0.15) is 5.44 Å². The molecule has 2 heterocycles. The second-order valence-electron chi connectivity index (χ2n) is 2.70. The quantitative estimate of drug-likeness (QED) is 0.669. The molecule has 74 valence electrons. The highest BCUT2D eigenvalue weighted by atomic mass is 31.2. The zero-order valence-electron chi connectivity index (χ0n) is 7.18. The zero-order valence-corrected chi connectivity index (χ0v) is 8.07. The molecule has 14 heavy (non-hydrogen) atoms. The molecule has 0 bridgehead atoms.